The van der Waals surface area contributed by atoms with E-state index in [1.807, 2.05) is 0 Å². The van der Waals surface area contributed by atoms with Crippen molar-refractivity contribution in [3.8, 4) is 0 Å². The monoisotopic (exact) mass is 277 g/mol. The van der Waals surface area contributed by atoms with Crippen molar-refractivity contribution in [2.24, 2.45) is 5.73 Å². The van der Waals surface area contributed by atoms with Crippen molar-refractivity contribution in [3.05, 3.63) is 23.8 Å². The van der Waals surface area contributed by atoms with Crippen LogP contribution in [0.4, 0.5) is 11.4 Å². The number of nitrogen functional groups attached to an aromatic ring is 1. The average molecular weight is 277 g/mol. The van der Waals surface area contributed by atoms with Crippen LogP contribution in [0.1, 0.15) is 48.9 Å². The summed E-state index contributed by atoms with van der Waals surface area (Å²) in [5.41, 5.74) is 12.0. The van der Waals surface area contributed by atoms with Gasteiger partial charge in [0.1, 0.15) is 0 Å². The summed E-state index contributed by atoms with van der Waals surface area (Å²) in [5.74, 6) is -0.495. The number of hydrogen-bond donors (Lipinski definition) is 4. The third kappa shape index (κ3) is 3.63. The summed E-state index contributed by atoms with van der Waals surface area (Å²) in [6, 6.07) is 4.93. The molecule has 0 saturated heterocycles. The molecule has 1 aromatic carbocycles. The molecule has 5 nitrogen and oxygen atoms in total. The lowest BCUT2D eigenvalue weighted by Crippen LogP contribution is -2.36. The Balaban J connectivity index is 2.01. The Labute approximate surface area is 119 Å². The van der Waals surface area contributed by atoms with Gasteiger partial charge in [-0.25, -0.2) is 0 Å². The fourth-order valence-electron chi connectivity index (χ4n) is 2.70. The van der Waals surface area contributed by atoms with Crippen LogP contribution in [0.2, 0.25) is 0 Å². The van der Waals surface area contributed by atoms with Gasteiger partial charge in [0.15, 0.2) is 0 Å². The molecule has 1 aliphatic carbocycles. The van der Waals surface area contributed by atoms with Crippen LogP contribution < -0.4 is 16.8 Å². The number of amides is 1. The molecule has 1 aliphatic rings. The van der Waals surface area contributed by atoms with E-state index in [0.717, 1.165) is 31.4 Å². The van der Waals surface area contributed by atoms with Crippen molar-refractivity contribution < 1.29 is 9.90 Å². The molecule has 0 bridgehead atoms. The predicted octanol–water partition coefficient (Wildman–Crippen LogP) is 1.86. The van der Waals surface area contributed by atoms with E-state index < -0.39 is 11.5 Å². The van der Waals surface area contributed by atoms with E-state index in [0.29, 0.717) is 17.8 Å². The minimum atomic E-state index is -0.661. The van der Waals surface area contributed by atoms with Gasteiger partial charge in [-0.15, -0.1) is 0 Å². The number of primary amides is 1. The van der Waals surface area contributed by atoms with Gasteiger partial charge in [0.2, 0.25) is 5.91 Å². The molecule has 1 fully saturated rings. The van der Waals surface area contributed by atoms with Gasteiger partial charge in [-0.3, -0.25) is 4.79 Å². The van der Waals surface area contributed by atoms with E-state index in [1.54, 1.807) is 18.2 Å². The summed E-state index contributed by atoms with van der Waals surface area (Å²) in [4.78, 5) is 11.1. The van der Waals surface area contributed by atoms with E-state index >= 15 is 0 Å². The van der Waals surface area contributed by atoms with Crippen molar-refractivity contribution in [1.29, 1.82) is 0 Å². The van der Waals surface area contributed by atoms with Gasteiger partial charge in [-0.2, -0.15) is 0 Å². The first kappa shape index (κ1) is 14.7. The Morgan fingerprint density at radius 3 is 2.45 bits per heavy atom. The predicted molar refractivity (Wildman–Crippen MR) is 80.5 cm³/mol. The second kappa shape index (κ2) is 6.13. The minimum Gasteiger partial charge on any atom is -0.397 e. The van der Waals surface area contributed by atoms with Gasteiger partial charge < -0.3 is 21.9 Å². The van der Waals surface area contributed by atoms with Gasteiger partial charge in [-0.05, 0) is 31.0 Å². The summed E-state index contributed by atoms with van der Waals surface area (Å²) in [6.07, 6.45) is 6.15. The highest BCUT2D eigenvalue weighted by Crippen LogP contribution is 2.28. The Kier molecular flexibility index (Phi) is 4.49. The average Bonchev–Trinajstić information content (AvgIpc) is 2.62. The number of hydrogen-bond acceptors (Lipinski definition) is 4. The van der Waals surface area contributed by atoms with Crippen molar-refractivity contribution in [2.45, 2.75) is 44.1 Å². The highest BCUT2D eigenvalue weighted by Gasteiger charge is 2.27. The van der Waals surface area contributed by atoms with Crippen LogP contribution in [0, 0.1) is 0 Å². The zero-order valence-electron chi connectivity index (χ0n) is 11.7. The maximum atomic E-state index is 11.1. The van der Waals surface area contributed by atoms with E-state index in [9.17, 15) is 9.90 Å². The number of benzene rings is 1. The van der Waals surface area contributed by atoms with Crippen LogP contribution in [-0.2, 0) is 0 Å². The molecule has 0 atom stereocenters. The maximum Gasteiger partial charge on any atom is 0.248 e. The van der Waals surface area contributed by atoms with E-state index in [4.69, 9.17) is 11.5 Å². The first-order valence-electron chi connectivity index (χ1n) is 7.16. The normalized spacial score (nSPS) is 18.2. The third-order valence-electron chi connectivity index (χ3n) is 3.98. The highest BCUT2D eigenvalue weighted by atomic mass is 16.3. The molecule has 110 valence electrons. The zero-order valence-corrected chi connectivity index (χ0v) is 11.7. The molecule has 5 heteroatoms. The van der Waals surface area contributed by atoms with Gasteiger partial charge in [0, 0.05) is 12.1 Å². The maximum absolute atomic E-state index is 11.1. The van der Waals surface area contributed by atoms with Gasteiger partial charge >= 0.3 is 0 Å². The smallest absolute Gasteiger partial charge is 0.248 e. The Morgan fingerprint density at radius 1 is 1.25 bits per heavy atom. The van der Waals surface area contributed by atoms with Crippen LogP contribution >= 0.6 is 0 Å². The Bertz CT molecular complexity index is 480. The molecule has 20 heavy (non-hydrogen) atoms. The third-order valence-corrected chi connectivity index (χ3v) is 3.98. The van der Waals surface area contributed by atoms with Gasteiger partial charge in [0.05, 0.1) is 17.0 Å². The molecule has 0 aliphatic heterocycles. The van der Waals surface area contributed by atoms with Crippen LogP contribution in [-0.4, -0.2) is 23.2 Å². The minimum absolute atomic E-state index is 0.390. The van der Waals surface area contributed by atoms with Crippen LogP contribution in [0.25, 0.3) is 0 Å². The van der Waals surface area contributed by atoms with Gasteiger partial charge in [0.25, 0.3) is 0 Å². The Hall–Kier alpha value is -1.75. The lowest BCUT2D eigenvalue weighted by Gasteiger charge is -2.27. The van der Waals surface area contributed by atoms with E-state index in [2.05, 4.69) is 5.32 Å². The van der Waals surface area contributed by atoms with Crippen molar-refractivity contribution in [3.63, 3.8) is 0 Å². The first-order chi connectivity index (χ1) is 9.50. The molecule has 2 rings (SSSR count). The fourth-order valence-corrected chi connectivity index (χ4v) is 2.70. The van der Waals surface area contributed by atoms with Crippen molar-refractivity contribution >= 4 is 17.3 Å². The van der Waals surface area contributed by atoms with Crippen LogP contribution in [0.15, 0.2) is 18.2 Å². The standard InChI is InChI=1S/C15H23N3O2/c16-12-9-11(14(17)19)5-6-13(12)18-10-15(20)7-3-1-2-4-8-15/h5-6,9,18,20H,1-4,7-8,10,16H2,(H2,17,19). The number of nitrogens with one attached hydrogen (secondary N) is 1. The summed E-state index contributed by atoms with van der Waals surface area (Å²) in [6.45, 7) is 0.479. The molecular formula is C15H23N3O2. The number of anilines is 2. The number of carbonyl (C=O) groups excluding carboxylic acids is 1. The second-order valence-electron chi connectivity index (χ2n) is 5.66. The quantitative estimate of drug-likeness (QED) is 0.498. The summed E-state index contributed by atoms with van der Waals surface area (Å²) in [7, 11) is 0. The number of carbonyl (C=O) groups is 1. The topological polar surface area (TPSA) is 101 Å². The number of aliphatic hydroxyl groups is 1. The molecule has 1 aromatic rings. The largest absolute Gasteiger partial charge is 0.397 e. The molecule has 0 heterocycles. The lowest BCUT2D eigenvalue weighted by atomic mass is 9.94. The fraction of sp³-hybridized carbons (Fsp3) is 0.533. The summed E-state index contributed by atoms with van der Waals surface area (Å²) in [5, 5.41) is 13.8. The SMILES string of the molecule is NC(=O)c1ccc(NCC2(O)CCCCCC2)c(N)c1. The summed E-state index contributed by atoms with van der Waals surface area (Å²) < 4.78 is 0. The molecule has 1 amide bonds. The molecule has 0 aromatic heterocycles. The highest BCUT2D eigenvalue weighted by molar-refractivity contribution is 5.94. The van der Waals surface area contributed by atoms with E-state index in [1.165, 1.54) is 12.8 Å². The lowest BCUT2D eigenvalue weighted by molar-refractivity contribution is 0.0381. The molecule has 1 saturated carbocycles. The first-order valence-corrected chi connectivity index (χ1v) is 7.16. The van der Waals surface area contributed by atoms with Crippen LogP contribution in [0.5, 0.6) is 0 Å². The second-order valence-corrected chi connectivity index (χ2v) is 5.66. The van der Waals surface area contributed by atoms with Crippen LogP contribution in [0.3, 0.4) is 0 Å². The molecule has 0 radical (unpaired) electrons. The Morgan fingerprint density at radius 2 is 1.90 bits per heavy atom. The number of rotatable bonds is 4. The van der Waals surface area contributed by atoms with Crippen molar-refractivity contribution in [1.82, 2.24) is 0 Å². The molecule has 0 spiro atoms. The van der Waals surface area contributed by atoms with Gasteiger partial charge in [-0.1, -0.05) is 25.7 Å². The zero-order chi connectivity index (χ0) is 14.6. The number of nitrogens with two attached hydrogens (primary N) is 2. The van der Waals surface area contributed by atoms with Crippen molar-refractivity contribution in [2.75, 3.05) is 17.6 Å². The molecule has 0 unspecified atom stereocenters. The molecule has 6 N–H and O–H groups in total. The summed E-state index contributed by atoms with van der Waals surface area (Å²) >= 11 is 0. The van der Waals surface area contributed by atoms with E-state index in [-0.39, 0.29) is 0 Å². The molecular weight excluding hydrogens is 254 g/mol.